The lowest BCUT2D eigenvalue weighted by Crippen LogP contribution is -2.37. The van der Waals surface area contributed by atoms with Crippen molar-refractivity contribution in [2.75, 3.05) is 31.4 Å². The van der Waals surface area contributed by atoms with Crippen molar-refractivity contribution in [1.29, 1.82) is 0 Å². The Labute approximate surface area is 418 Å². The Morgan fingerprint density at radius 3 is 1.37 bits per heavy atom. The Hall–Kier alpha value is -5.21. The van der Waals surface area contributed by atoms with E-state index in [4.69, 9.17) is 28.3 Å². The molecule has 6 rings (SSSR count). The third-order valence-electron chi connectivity index (χ3n) is 9.51. The molecular formula is C47H51BrF2N2O14P2S2. The zero-order valence-electron chi connectivity index (χ0n) is 38.0. The Bertz CT molecular complexity index is 2720. The number of fused-ring (bicyclic) bond motifs is 2. The van der Waals surface area contributed by atoms with Crippen LogP contribution in [0.2, 0.25) is 0 Å². The summed E-state index contributed by atoms with van der Waals surface area (Å²) in [6.45, 7) is 2.42. The number of amides is 2. The average molecular weight is 1110 g/mol. The summed E-state index contributed by atoms with van der Waals surface area (Å²) in [7, 11) is -8.11. The van der Waals surface area contributed by atoms with Crippen molar-refractivity contribution >= 4 is 104 Å². The molecule has 23 heteroatoms. The van der Waals surface area contributed by atoms with E-state index < -0.39 is 64.4 Å². The van der Waals surface area contributed by atoms with E-state index in [1.54, 1.807) is 36.4 Å². The molecule has 0 aliphatic rings. The van der Waals surface area contributed by atoms with Gasteiger partial charge in [-0.1, -0.05) is 60.7 Å². The summed E-state index contributed by atoms with van der Waals surface area (Å²) < 4.78 is 77.8. The zero-order chi connectivity index (χ0) is 51.3. The van der Waals surface area contributed by atoms with Crippen LogP contribution in [0, 0.1) is 11.6 Å². The Morgan fingerprint density at radius 1 is 0.600 bits per heavy atom. The predicted molar refractivity (Wildman–Crippen MR) is 266 cm³/mol. The molecule has 0 radical (unpaired) electrons. The molecule has 0 spiro atoms. The molecule has 2 amide bonds. The van der Waals surface area contributed by atoms with Gasteiger partial charge in [0.25, 0.3) is 11.8 Å². The highest BCUT2D eigenvalue weighted by Crippen LogP contribution is 2.49. The summed E-state index contributed by atoms with van der Waals surface area (Å²) in [5, 5.41) is 7.66. The monoisotopic (exact) mass is 1110 g/mol. The van der Waals surface area contributed by atoms with Gasteiger partial charge in [-0.05, 0) is 112 Å². The Kier molecular flexibility index (Phi) is 23.4. The summed E-state index contributed by atoms with van der Waals surface area (Å²) in [5.41, 5.74) is 1.57. The molecule has 0 unspecified atom stereocenters. The van der Waals surface area contributed by atoms with Crippen LogP contribution in [0.5, 0.6) is 0 Å². The standard InChI is InChI=1S/C25H27FNO8PS.C19H19FNO4PS.C3H5BrO2/c1-17(28)32-15-34-36(31,35-16-33-18(2)29)11-10-22(13-19-6-5-8-21(26)12-19)27-25(30)24-14-20-7-3-4-9-23(20)37-24;20-15-6-3-4-13(10-15)11-16(8-9-26(23,24)25)21-19(22)18-12-14-5-1-2-7-17(14)27-18;1-3(5)6-2-4/h3-9,12,14,22H,10-11,13,15-16H2,1-2H3,(H,27,30);1-7,10,12,16H,8-9,11H2,(H,21,22)(H2,23,24,25);2H2,1H3/t22-;16-;/m00./s1. The minimum atomic E-state index is -4.20. The summed E-state index contributed by atoms with van der Waals surface area (Å²) in [5.74, 6) is -3.00. The number of halogens is 3. The van der Waals surface area contributed by atoms with Gasteiger partial charge in [-0.25, -0.2) is 8.78 Å². The molecule has 0 saturated heterocycles. The summed E-state index contributed by atoms with van der Waals surface area (Å²) >= 11 is 5.60. The highest BCUT2D eigenvalue weighted by atomic mass is 79.9. The lowest BCUT2D eigenvalue weighted by Gasteiger charge is -2.22. The SMILES string of the molecule is CC(=O)OCBr.CC(=O)OCOP(=O)(CC[C@@H](Cc1cccc(F)c1)NC(=O)c1cc2ccccc2s1)OCOC(C)=O.O=C(N[C@@H](CCP(=O)(O)O)Cc1cccc(F)c1)c1cc2ccccc2s1. The lowest BCUT2D eigenvalue weighted by atomic mass is 10.0. The van der Waals surface area contributed by atoms with Gasteiger partial charge in [-0.3, -0.25) is 42.2 Å². The molecule has 376 valence electrons. The van der Waals surface area contributed by atoms with Gasteiger partial charge in [0, 0.05) is 42.3 Å². The van der Waals surface area contributed by atoms with E-state index in [0.29, 0.717) is 26.4 Å². The molecule has 0 aliphatic carbocycles. The molecule has 4 N–H and O–H groups in total. The molecule has 6 aromatic rings. The molecule has 16 nitrogen and oxygen atoms in total. The normalized spacial score (nSPS) is 12.1. The Morgan fingerprint density at radius 2 is 1.01 bits per heavy atom. The molecule has 0 saturated carbocycles. The van der Waals surface area contributed by atoms with Gasteiger partial charge in [-0.2, -0.15) is 0 Å². The topological polar surface area (TPSA) is 230 Å². The first-order chi connectivity index (χ1) is 33.2. The first-order valence-corrected chi connectivity index (χ1v) is 27.5. The van der Waals surface area contributed by atoms with Crippen LogP contribution in [0.4, 0.5) is 8.78 Å². The minimum absolute atomic E-state index is 0.0947. The quantitative estimate of drug-likeness (QED) is 0.0173. The summed E-state index contributed by atoms with van der Waals surface area (Å²) in [6, 6.07) is 29.6. The van der Waals surface area contributed by atoms with Crippen molar-refractivity contribution < 1.29 is 74.9 Å². The van der Waals surface area contributed by atoms with Gasteiger partial charge in [-0.15, -0.1) is 22.7 Å². The number of hydrogen-bond donors (Lipinski definition) is 4. The van der Waals surface area contributed by atoms with Crippen molar-refractivity contribution in [3.05, 3.63) is 142 Å². The fourth-order valence-corrected chi connectivity index (χ4v) is 10.6. The fourth-order valence-electron chi connectivity index (χ4n) is 6.31. The third kappa shape index (κ3) is 21.4. The van der Waals surface area contributed by atoms with E-state index in [9.17, 15) is 41.9 Å². The third-order valence-corrected chi connectivity index (χ3v) is 14.6. The summed E-state index contributed by atoms with van der Waals surface area (Å²) in [6.07, 6.45) is 0.167. The van der Waals surface area contributed by atoms with Crippen LogP contribution < -0.4 is 10.6 Å². The largest absolute Gasteiger partial charge is 0.454 e. The number of benzene rings is 4. The number of alkyl halides is 1. The van der Waals surface area contributed by atoms with Crippen LogP contribution >= 0.6 is 53.8 Å². The molecule has 70 heavy (non-hydrogen) atoms. The van der Waals surface area contributed by atoms with Crippen LogP contribution in [0.25, 0.3) is 20.2 Å². The van der Waals surface area contributed by atoms with E-state index in [1.807, 2.05) is 48.5 Å². The second-order valence-electron chi connectivity index (χ2n) is 15.1. The van der Waals surface area contributed by atoms with Gasteiger partial charge in [0.15, 0.2) is 0 Å². The van der Waals surface area contributed by atoms with Crippen LogP contribution in [0.3, 0.4) is 0 Å². The van der Waals surface area contributed by atoms with Gasteiger partial charge in [0.05, 0.1) is 22.1 Å². The van der Waals surface area contributed by atoms with Crippen molar-refractivity contribution in [2.24, 2.45) is 0 Å². The van der Waals surface area contributed by atoms with Gasteiger partial charge >= 0.3 is 33.1 Å². The number of rotatable bonds is 21. The maximum absolute atomic E-state index is 13.8. The maximum atomic E-state index is 13.8. The zero-order valence-corrected chi connectivity index (χ0v) is 43.1. The number of carbonyl (C=O) groups is 5. The van der Waals surface area contributed by atoms with Crippen LogP contribution in [0.15, 0.2) is 109 Å². The molecule has 0 fully saturated rings. The molecule has 0 aliphatic heterocycles. The molecular weight excluding hydrogens is 1060 g/mol. The molecule has 0 bridgehead atoms. The van der Waals surface area contributed by atoms with Crippen molar-refractivity contribution in [3.63, 3.8) is 0 Å². The van der Waals surface area contributed by atoms with Crippen LogP contribution in [0.1, 0.15) is 64.1 Å². The number of thiophene rings is 2. The summed E-state index contributed by atoms with van der Waals surface area (Å²) in [4.78, 5) is 77.0. The number of esters is 3. The predicted octanol–water partition coefficient (Wildman–Crippen LogP) is 9.89. The number of nitrogens with one attached hydrogen (secondary N) is 2. The first-order valence-electron chi connectivity index (χ1n) is 21.2. The highest BCUT2D eigenvalue weighted by Gasteiger charge is 2.29. The maximum Gasteiger partial charge on any atom is 0.336 e. The van der Waals surface area contributed by atoms with Gasteiger partial charge in [0.2, 0.25) is 13.6 Å². The van der Waals surface area contributed by atoms with Crippen LogP contribution in [-0.2, 0) is 59.6 Å². The average Bonchev–Trinajstić information content (AvgIpc) is 3.93. The highest BCUT2D eigenvalue weighted by molar-refractivity contribution is 9.09. The van der Waals surface area contributed by atoms with E-state index >= 15 is 0 Å². The number of carbonyl (C=O) groups excluding carboxylic acids is 5. The Balaban J connectivity index is 0.000000282. The molecule has 2 atom stereocenters. The van der Waals surface area contributed by atoms with Gasteiger partial charge < -0.3 is 34.6 Å². The lowest BCUT2D eigenvalue weighted by molar-refractivity contribution is -0.149. The van der Waals surface area contributed by atoms with E-state index in [1.165, 1.54) is 53.9 Å². The van der Waals surface area contributed by atoms with Crippen molar-refractivity contribution in [1.82, 2.24) is 10.6 Å². The number of hydrogen-bond acceptors (Lipinski definition) is 14. The van der Waals surface area contributed by atoms with Gasteiger partial charge in [0.1, 0.15) is 17.2 Å². The van der Waals surface area contributed by atoms with Crippen molar-refractivity contribution in [3.8, 4) is 0 Å². The van der Waals surface area contributed by atoms with E-state index in [2.05, 4.69) is 31.3 Å². The van der Waals surface area contributed by atoms with E-state index in [-0.39, 0.29) is 55.8 Å². The first kappa shape index (κ1) is 57.4. The fraction of sp³-hybridized carbons (Fsp3) is 0.298. The molecule has 2 aromatic heterocycles. The van der Waals surface area contributed by atoms with E-state index in [0.717, 1.165) is 34.0 Å². The minimum Gasteiger partial charge on any atom is -0.454 e. The molecule has 2 heterocycles. The van der Waals surface area contributed by atoms with Crippen molar-refractivity contribution in [2.45, 2.75) is 58.5 Å². The molecule has 4 aromatic carbocycles. The van der Waals surface area contributed by atoms with Crippen LogP contribution in [-0.4, -0.2) is 83.0 Å². The smallest absolute Gasteiger partial charge is 0.336 e. The number of ether oxygens (including phenoxy) is 3. The second-order valence-corrected chi connectivity index (χ2v) is 21.7. The second kappa shape index (κ2) is 28.6.